The first-order valence-electron chi connectivity index (χ1n) is 7.66. The largest absolute Gasteiger partial charge is 0.398 e. The Morgan fingerprint density at radius 2 is 1.95 bits per heavy atom. The van der Waals surface area contributed by atoms with Crippen molar-refractivity contribution in [2.24, 2.45) is 5.73 Å². The number of benzene rings is 1. The minimum Gasteiger partial charge on any atom is -0.398 e. The van der Waals surface area contributed by atoms with Crippen LogP contribution in [-0.2, 0) is 6.54 Å². The number of piperazine rings is 1. The summed E-state index contributed by atoms with van der Waals surface area (Å²) in [4.78, 5) is 16.1. The van der Waals surface area contributed by atoms with E-state index >= 15 is 0 Å². The van der Waals surface area contributed by atoms with Gasteiger partial charge in [-0.3, -0.25) is 14.6 Å². The van der Waals surface area contributed by atoms with E-state index in [9.17, 15) is 4.79 Å². The van der Waals surface area contributed by atoms with E-state index in [4.69, 9.17) is 11.5 Å². The second-order valence-corrected chi connectivity index (χ2v) is 5.85. The van der Waals surface area contributed by atoms with Crippen molar-refractivity contribution < 1.29 is 4.79 Å². The zero-order valence-electron chi connectivity index (χ0n) is 13.0. The van der Waals surface area contributed by atoms with E-state index in [-0.39, 0.29) is 0 Å². The van der Waals surface area contributed by atoms with Crippen LogP contribution in [0.2, 0.25) is 0 Å². The van der Waals surface area contributed by atoms with Crippen molar-refractivity contribution in [1.29, 1.82) is 0 Å². The van der Waals surface area contributed by atoms with Crippen molar-refractivity contribution in [2.75, 3.05) is 31.9 Å². The summed E-state index contributed by atoms with van der Waals surface area (Å²) in [6.45, 7) is 9.68. The highest BCUT2D eigenvalue weighted by Gasteiger charge is 2.20. The molecule has 1 amide bonds. The third-order valence-corrected chi connectivity index (χ3v) is 4.45. The summed E-state index contributed by atoms with van der Waals surface area (Å²) < 4.78 is 0. The molecule has 1 aliphatic rings. The van der Waals surface area contributed by atoms with Crippen molar-refractivity contribution in [3.8, 4) is 0 Å². The first-order valence-corrected chi connectivity index (χ1v) is 7.66. The molecule has 4 N–H and O–H groups in total. The van der Waals surface area contributed by atoms with Crippen LogP contribution in [0.4, 0.5) is 5.69 Å². The predicted molar refractivity (Wildman–Crippen MR) is 86.0 cm³/mol. The quantitative estimate of drug-likeness (QED) is 0.801. The number of carbonyl (C=O) groups excluding carboxylic acids is 1. The molecule has 0 radical (unpaired) electrons. The van der Waals surface area contributed by atoms with Crippen molar-refractivity contribution in [1.82, 2.24) is 9.80 Å². The molecule has 0 spiro atoms. The maximum absolute atomic E-state index is 11.1. The number of hydrogen-bond donors (Lipinski definition) is 2. The van der Waals surface area contributed by atoms with Gasteiger partial charge in [-0.2, -0.15) is 0 Å². The molecule has 5 heteroatoms. The molecule has 1 aromatic carbocycles. The van der Waals surface area contributed by atoms with Gasteiger partial charge < -0.3 is 11.5 Å². The summed E-state index contributed by atoms with van der Waals surface area (Å²) in [5.74, 6) is -0.435. The third-order valence-electron chi connectivity index (χ3n) is 4.45. The van der Waals surface area contributed by atoms with Gasteiger partial charge in [0, 0.05) is 50.0 Å². The van der Waals surface area contributed by atoms with Gasteiger partial charge in [-0.15, -0.1) is 0 Å². The molecule has 0 aromatic heterocycles. The van der Waals surface area contributed by atoms with Crippen LogP contribution < -0.4 is 11.5 Å². The van der Waals surface area contributed by atoms with Crippen LogP contribution >= 0.6 is 0 Å². The van der Waals surface area contributed by atoms with Gasteiger partial charge in [-0.1, -0.05) is 13.0 Å². The number of nitrogen functional groups attached to an aromatic ring is 1. The fourth-order valence-electron chi connectivity index (χ4n) is 2.75. The highest BCUT2D eigenvalue weighted by Crippen LogP contribution is 2.18. The van der Waals surface area contributed by atoms with Crippen molar-refractivity contribution in [3.05, 3.63) is 29.3 Å². The van der Waals surface area contributed by atoms with E-state index in [0.29, 0.717) is 17.3 Å². The van der Waals surface area contributed by atoms with Gasteiger partial charge in [0.1, 0.15) is 0 Å². The molecule has 0 aliphatic carbocycles. The predicted octanol–water partition coefficient (Wildman–Crippen LogP) is 1.28. The topological polar surface area (TPSA) is 75.6 Å². The van der Waals surface area contributed by atoms with Gasteiger partial charge in [0.25, 0.3) is 0 Å². The van der Waals surface area contributed by atoms with Crippen molar-refractivity contribution in [3.63, 3.8) is 0 Å². The maximum Gasteiger partial charge on any atom is 0.248 e. The van der Waals surface area contributed by atoms with Crippen LogP contribution in [0.25, 0.3) is 0 Å². The van der Waals surface area contributed by atoms with Gasteiger partial charge in [0.2, 0.25) is 5.91 Å². The Labute approximate surface area is 126 Å². The Morgan fingerprint density at radius 1 is 1.29 bits per heavy atom. The molecular weight excluding hydrogens is 264 g/mol. The highest BCUT2D eigenvalue weighted by molar-refractivity contribution is 5.93. The Bertz CT molecular complexity index is 495. The zero-order valence-corrected chi connectivity index (χ0v) is 13.0. The monoisotopic (exact) mass is 290 g/mol. The summed E-state index contributed by atoms with van der Waals surface area (Å²) >= 11 is 0. The van der Waals surface area contributed by atoms with Crippen LogP contribution in [0.1, 0.15) is 36.2 Å². The van der Waals surface area contributed by atoms with Crippen LogP contribution in [0.15, 0.2) is 18.2 Å². The average Bonchev–Trinajstić information content (AvgIpc) is 2.49. The lowest BCUT2D eigenvalue weighted by Crippen LogP contribution is -2.49. The minimum absolute atomic E-state index is 0.435. The van der Waals surface area contributed by atoms with E-state index in [1.165, 1.54) is 6.42 Å². The number of primary amides is 1. The SMILES string of the molecule is CCC(C)N1CCN(Cc2ccc(C(N)=O)cc2N)CC1. The summed E-state index contributed by atoms with van der Waals surface area (Å²) in [5, 5.41) is 0. The molecule has 0 bridgehead atoms. The lowest BCUT2D eigenvalue weighted by Gasteiger charge is -2.38. The Morgan fingerprint density at radius 3 is 2.48 bits per heavy atom. The first-order chi connectivity index (χ1) is 10.0. The fraction of sp³-hybridized carbons (Fsp3) is 0.562. The second-order valence-electron chi connectivity index (χ2n) is 5.85. The van der Waals surface area contributed by atoms with Crippen molar-refractivity contribution >= 4 is 11.6 Å². The Kier molecular flexibility index (Phi) is 5.20. The van der Waals surface area contributed by atoms with Crippen LogP contribution in [0, 0.1) is 0 Å². The standard InChI is InChI=1S/C16H26N4O/c1-3-12(2)20-8-6-19(7-9-20)11-14-5-4-13(16(18)21)10-15(14)17/h4-5,10,12H,3,6-9,11,17H2,1-2H3,(H2,18,21). The number of nitrogens with zero attached hydrogens (tertiary/aromatic N) is 2. The van der Waals surface area contributed by atoms with Gasteiger partial charge in [-0.25, -0.2) is 0 Å². The highest BCUT2D eigenvalue weighted by atomic mass is 16.1. The van der Waals surface area contributed by atoms with Gasteiger partial charge in [0.05, 0.1) is 0 Å². The molecule has 1 saturated heterocycles. The Hall–Kier alpha value is -1.59. The van der Waals surface area contributed by atoms with E-state index < -0.39 is 5.91 Å². The van der Waals surface area contributed by atoms with E-state index in [0.717, 1.165) is 38.3 Å². The summed E-state index contributed by atoms with van der Waals surface area (Å²) in [7, 11) is 0. The number of amides is 1. The average molecular weight is 290 g/mol. The number of hydrogen-bond acceptors (Lipinski definition) is 4. The van der Waals surface area contributed by atoms with Gasteiger partial charge >= 0.3 is 0 Å². The second kappa shape index (κ2) is 6.91. The molecule has 1 unspecified atom stereocenters. The maximum atomic E-state index is 11.1. The lowest BCUT2D eigenvalue weighted by atomic mass is 10.1. The van der Waals surface area contributed by atoms with Gasteiger partial charge in [0.15, 0.2) is 0 Å². The van der Waals surface area contributed by atoms with Crippen LogP contribution in [0.5, 0.6) is 0 Å². The molecule has 0 saturated carbocycles. The van der Waals surface area contributed by atoms with Crippen LogP contribution in [-0.4, -0.2) is 47.9 Å². The molecule has 2 rings (SSSR count). The summed E-state index contributed by atoms with van der Waals surface area (Å²) in [6, 6.07) is 6.00. The third kappa shape index (κ3) is 3.95. The summed E-state index contributed by atoms with van der Waals surface area (Å²) in [6.07, 6.45) is 1.20. The number of anilines is 1. The molecule has 5 nitrogen and oxygen atoms in total. The lowest BCUT2D eigenvalue weighted by molar-refractivity contribution is 0.0964. The number of carbonyl (C=O) groups is 1. The smallest absolute Gasteiger partial charge is 0.248 e. The molecule has 1 heterocycles. The fourth-order valence-corrected chi connectivity index (χ4v) is 2.75. The molecule has 1 atom stereocenters. The molecule has 1 aromatic rings. The van der Waals surface area contributed by atoms with Crippen LogP contribution in [0.3, 0.4) is 0 Å². The first kappa shape index (κ1) is 15.8. The molecule has 1 aliphatic heterocycles. The number of rotatable bonds is 5. The minimum atomic E-state index is -0.435. The Balaban J connectivity index is 1.93. The molecule has 21 heavy (non-hydrogen) atoms. The zero-order chi connectivity index (χ0) is 15.4. The molecule has 1 fully saturated rings. The summed E-state index contributed by atoms with van der Waals surface area (Å²) in [5.41, 5.74) is 13.5. The van der Waals surface area contributed by atoms with Crippen molar-refractivity contribution in [2.45, 2.75) is 32.9 Å². The molecule has 116 valence electrons. The normalized spacial score (nSPS) is 18.6. The number of nitrogens with two attached hydrogens (primary N) is 2. The van der Waals surface area contributed by atoms with E-state index in [1.807, 2.05) is 6.07 Å². The van der Waals surface area contributed by atoms with Gasteiger partial charge in [-0.05, 0) is 31.0 Å². The van der Waals surface area contributed by atoms with E-state index in [1.54, 1.807) is 12.1 Å². The molecular formula is C16H26N4O. The van der Waals surface area contributed by atoms with E-state index in [2.05, 4.69) is 23.6 Å².